The van der Waals surface area contributed by atoms with Crippen LogP contribution in [0.15, 0.2) is 65.4 Å². The van der Waals surface area contributed by atoms with E-state index in [-0.39, 0.29) is 23.5 Å². The molecule has 0 spiro atoms. The number of benzene rings is 2. The highest BCUT2D eigenvalue weighted by Gasteiger charge is 2.26. The summed E-state index contributed by atoms with van der Waals surface area (Å²) in [6.07, 6.45) is 6.32. The second-order valence-corrected chi connectivity index (χ2v) is 10.0. The smallest absolute Gasteiger partial charge is 0.326 e. The third-order valence-corrected chi connectivity index (χ3v) is 7.14. The number of nitrogens with zero attached hydrogens (tertiary/aromatic N) is 4. The summed E-state index contributed by atoms with van der Waals surface area (Å²) < 4.78 is 15.9. The lowest BCUT2D eigenvalue weighted by atomic mass is 10.0. The molecule has 194 valence electrons. The van der Waals surface area contributed by atoms with Crippen molar-refractivity contribution in [2.75, 3.05) is 13.1 Å². The summed E-state index contributed by atoms with van der Waals surface area (Å²) in [5, 5.41) is 13.5. The Morgan fingerprint density at radius 2 is 2.08 bits per heavy atom. The predicted octanol–water partition coefficient (Wildman–Crippen LogP) is 6.71. The third kappa shape index (κ3) is 5.92. The van der Waals surface area contributed by atoms with Gasteiger partial charge in [0.2, 0.25) is 0 Å². The highest BCUT2D eigenvalue weighted by molar-refractivity contribution is 9.10. The highest BCUT2D eigenvalue weighted by atomic mass is 79.9. The second kappa shape index (κ2) is 12.1. The number of carbonyl (C=O) groups is 1. The van der Waals surface area contributed by atoms with Crippen molar-refractivity contribution >= 4 is 62.9 Å². The maximum atomic E-state index is 13.4. The van der Waals surface area contributed by atoms with Crippen LogP contribution in [0.25, 0.3) is 17.0 Å². The van der Waals surface area contributed by atoms with E-state index in [1.807, 2.05) is 36.4 Å². The lowest BCUT2D eigenvalue weighted by molar-refractivity contribution is 0.240. The number of hydrogen-bond donors (Lipinski definition) is 1. The number of rotatable bonds is 5. The summed E-state index contributed by atoms with van der Waals surface area (Å²) in [6.45, 7) is 2.47. The van der Waals surface area contributed by atoms with Gasteiger partial charge >= 0.3 is 6.03 Å². The monoisotopic (exact) mass is 613 g/mol. The molecular weight excluding hydrogens is 592 g/mol. The molecule has 0 fully saturated rings. The summed E-state index contributed by atoms with van der Waals surface area (Å²) in [4.78, 5) is 19.8. The van der Waals surface area contributed by atoms with Gasteiger partial charge in [0.05, 0.1) is 22.2 Å². The van der Waals surface area contributed by atoms with Crippen molar-refractivity contribution in [2.24, 2.45) is 0 Å². The van der Waals surface area contributed by atoms with E-state index in [2.05, 4.69) is 37.2 Å². The first kappa shape index (κ1) is 27.8. The largest absolute Gasteiger partial charge is 0.333 e. The van der Waals surface area contributed by atoms with E-state index in [4.69, 9.17) is 11.6 Å². The first-order valence-corrected chi connectivity index (χ1v) is 12.9. The molecule has 10 heteroatoms. The van der Waals surface area contributed by atoms with Crippen LogP contribution in [-0.4, -0.2) is 33.6 Å². The van der Waals surface area contributed by atoms with Crippen LogP contribution in [0.2, 0.25) is 5.02 Å². The average molecular weight is 615 g/mol. The molecule has 1 aliphatic rings. The zero-order valence-corrected chi connectivity index (χ0v) is 23.3. The van der Waals surface area contributed by atoms with Gasteiger partial charge < -0.3 is 5.32 Å². The number of halogens is 4. The van der Waals surface area contributed by atoms with E-state index in [0.717, 1.165) is 39.8 Å². The van der Waals surface area contributed by atoms with E-state index in [0.29, 0.717) is 36.2 Å². The molecule has 6 nitrogen and oxygen atoms in total. The number of amides is 1. The molecule has 0 bridgehead atoms. The fourth-order valence-corrected chi connectivity index (χ4v) is 5.24. The lowest BCUT2D eigenvalue weighted by Crippen LogP contribution is -2.34. The van der Waals surface area contributed by atoms with Crippen molar-refractivity contribution in [1.82, 2.24) is 19.8 Å². The number of aromatic nitrogens is 2. The van der Waals surface area contributed by atoms with Gasteiger partial charge in [-0.25, -0.2) is 14.2 Å². The predicted molar refractivity (Wildman–Crippen MR) is 153 cm³/mol. The molecule has 0 atom stereocenters. The average Bonchev–Trinajstić information content (AvgIpc) is 3.22. The number of fused-ring (bicyclic) bond motifs is 3. The zero-order chi connectivity index (χ0) is 25.9. The minimum atomic E-state index is -0.437. The van der Waals surface area contributed by atoms with Gasteiger partial charge in [-0.15, -0.1) is 12.4 Å². The van der Waals surface area contributed by atoms with Gasteiger partial charge in [0.25, 0.3) is 0 Å². The molecule has 0 saturated carbocycles. The highest BCUT2D eigenvalue weighted by Crippen LogP contribution is 2.32. The van der Waals surface area contributed by atoms with Crippen molar-refractivity contribution in [3.63, 3.8) is 0 Å². The van der Waals surface area contributed by atoms with E-state index < -0.39 is 5.82 Å². The molecule has 0 aliphatic carbocycles. The normalized spacial score (nSPS) is 13.2. The Kier molecular flexibility index (Phi) is 8.85. The van der Waals surface area contributed by atoms with Crippen molar-refractivity contribution in [2.45, 2.75) is 19.5 Å². The van der Waals surface area contributed by atoms with Crippen LogP contribution in [0.1, 0.15) is 27.9 Å². The molecule has 1 N–H and O–H groups in total. The molecule has 0 unspecified atom stereocenters. The Morgan fingerprint density at radius 1 is 1.24 bits per heavy atom. The van der Waals surface area contributed by atoms with Gasteiger partial charge in [-0.05, 0) is 75.1 Å². The van der Waals surface area contributed by atoms with E-state index >= 15 is 0 Å². The van der Waals surface area contributed by atoms with Crippen molar-refractivity contribution < 1.29 is 9.18 Å². The Bertz CT molecular complexity index is 1580. The third-order valence-electron chi connectivity index (χ3n) is 6.41. The van der Waals surface area contributed by atoms with E-state index in [9.17, 15) is 14.4 Å². The molecule has 2 aromatic carbocycles. The summed E-state index contributed by atoms with van der Waals surface area (Å²) in [5.41, 5.74) is 5.13. The maximum Gasteiger partial charge on any atom is 0.326 e. The SMILES string of the molecule is Cl.N#Cc1ccc2c(c1)c1c(n2C(=O)NCc2ccnc(Br)c2)CCN(C/C=C/c2ccc(F)c(Cl)c2)C1. The molecular formula is C28H23BrCl2FN5O. The Balaban J connectivity index is 0.00000336. The molecule has 3 heterocycles. The minimum absolute atomic E-state index is 0. The number of pyridine rings is 1. The summed E-state index contributed by atoms with van der Waals surface area (Å²) in [6, 6.07) is 15.8. The van der Waals surface area contributed by atoms with Gasteiger partial charge in [0.15, 0.2) is 0 Å². The van der Waals surface area contributed by atoms with Crippen LogP contribution in [-0.2, 0) is 19.5 Å². The molecule has 2 aromatic heterocycles. The van der Waals surface area contributed by atoms with Crippen molar-refractivity contribution in [1.29, 1.82) is 5.26 Å². The number of hydrogen-bond acceptors (Lipinski definition) is 4. The Labute approximate surface area is 239 Å². The molecule has 38 heavy (non-hydrogen) atoms. The van der Waals surface area contributed by atoms with Gasteiger partial charge in [0.1, 0.15) is 10.4 Å². The van der Waals surface area contributed by atoms with Crippen LogP contribution in [0.5, 0.6) is 0 Å². The van der Waals surface area contributed by atoms with Gasteiger partial charge in [-0.1, -0.05) is 29.8 Å². The first-order valence-electron chi connectivity index (χ1n) is 11.7. The van der Waals surface area contributed by atoms with Crippen LogP contribution < -0.4 is 5.32 Å². The van der Waals surface area contributed by atoms with Gasteiger partial charge in [-0.3, -0.25) is 9.47 Å². The van der Waals surface area contributed by atoms with Gasteiger partial charge in [-0.2, -0.15) is 5.26 Å². The van der Waals surface area contributed by atoms with Crippen LogP contribution in [0, 0.1) is 17.1 Å². The van der Waals surface area contributed by atoms with E-state index in [1.165, 1.54) is 6.07 Å². The topological polar surface area (TPSA) is 74.0 Å². The van der Waals surface area contributed by atoms with Crippen LogP contribution in [0.3, 0.4) is 0 Å². The van der Waals surface area contributed by atoms with Gasteiger partial charge in [0, 0.05) is 49.9 Å². The summed E-state index contributed by atoms with van der Waals surface area (Å²) in [7, 11) is 0. The maximum absolute atomic E-state index is 13.4. The Hall–Kier alpha value is -3.22. The standard InChI is InChI=1S/C28H22BrClFN5O.ClH/c29-27-14-20(7-9-33-27)16-34-28(37)36-25-6-4-19(15-32)12-21(25)22-17-35(11-8-26(22)36)10-1-2-18-3-5-24(31)23(30)13-18;/h1-7,9,12-14H,8,10-11,16-17H2,(H,34,37);1H/b2-1+;. The molecule has 5 rings (SSSR count). The number of nitriles is 1. The number of nitrogens with one attached hydrogen (secondary N) is 1. The fourth-order valence-electron chi connectivity index (χ4n) is 4.63. The minimum Gasteiger partial charge on any atom is -0.333 e. The lowest BCUT2D eigenvalue weighted by Gasteiger charge is -2.27. The van der Waals surface area contributed by atoms with E-state index in [1.54, 1.807) is 29.0 Å². The molecule has 0 saturated heterocycles. The fraction of sp³-hybridized carbons (Fsp3) is 0.179. The summed E-state index contributed by atoms with van der Waals surface area (Å²) in [5.74, 6) is -0.437. The second-order valence-electron chi connectivity index (χ2n) is 8.81. The first-order chi connectivity index (χ1) is 17.9. The van der Waals surface area contributed by atoms with Crippen LogP contribution in [0.4, 0.5) is 9.18 Å². The Morgan fingerprint density at radius 3 is 2.84 bits per heavy atom. The van der Waals surface area contributed by atoms with Crippen molar-refractivity contribution in [3.8, 4) is 6.07 Å². The molecule has 0 radical (unpaired) electrons. The molecule has 4 aromatic rings. The van der Waals surface area contributed by atoms with Crippen LogP contribution >= 0.6 is 39.9 Å². The quantitative estimate of drug-likeness (QED) is 0.253. The summed E-state index contributed by atoms with van der Waals surface area (Å²) >= 11 is 9.25. The van der Waals surface area contributed by atoms with Crippen molar-refractivity contribution in [3.05, 3.63) is 104 Å². The zero-order valence-electron chi connectivity index (χ0n) is 20.1. The number of carbonyl (C=O) groups excluding carboxylic acids is 1. The molecule has 1 aliphatic heterocycles. The molecule has 1 amide bonds.